The van der Waals surface area contributed by atoms with E-state index < -0.39 is 5.97 Å². The van der Waals surface area contributed by atoms with Crippen LogP contribution in [0.3, 0.4) is 0 Å². The lowest BCUT2D eigenvalue weighted by Crippen LogP contribution is -1.94. The number of hydrogen-bond donors (Lipinski definition) is 2. The number of aromatic nitrogens is 2. The molecule has 1 heterocycles. The van der Waals surface area contributed by atoms with Crippen molar-refractivity contribution in [2.75, 3.05) is 0 Å². The minimum absolute atomic E-state index is 0.285. The van der Waals surface area contributed by atoms with E-state index in [9.17, 15) is 4.79 Å². The zero-order valence-electron chi connectivity index (χ0n) is 12.2. The van der Waals surface area contributed by atoms with E-state index in [1.807, 2.05) is 18.2 Å². The first kappa shape index (κ1) is 14.1. The molecule has 4 heteroatoms. The SMILES string of the molecule is CCc1ccc2nc(C=Cc3ccc(C(=O)O)cc3)[nH]c2c1. The number of aromatic carboxylic acids is 1. The lowest BCUT2D eigenvalue weighted by molar-refractivity contribution is 0.0697. The first-order chi connectivity index (χ1) is 10.7. The van der Waals surface area contributed by atoms with E-state index in [0.29, 0.717) is 0 Å². The third kappa shape index (κ3) is 2.91. The number of H-pyrrole nitrogens is 1. The van der Waals surface area contributed by atoms with Crippen molar-refractivity contribution in [3.8, 4) is 0 Å². The van der Waals surface area contributed by atoms with E-state index in [4.69, 9.17) is 5.11 Å². The second-order valence-electron chi connectivity index (χ2n) is 5.09. The van der Waals surface area contributed by atoms with E-state index in [2.05, 4.69) is 29.0 Å². The summed E-state index contributed by atoms with van der Waals surface area (Å²) in [5, 5.41) is 8.87. The number of aryl methyl sites for hydroxylation is 1. The third-order valence-corrected chi connectivity index (χ3v) is 3.56. The fourth-order valence-corrected chi connectivity index (χ4v) is 2.29. The topological polar surface area (TPSA) is 66.0 Å². The Morgan fingerprint density at radius 2 is 1.95 bits per heavy atom. The summed E-state index contributed by atoms with van der Waals surface area (Å²) in [6.07, 6.45) is 4.79. The Balaban J connectivity index is 1.84. The molecule has 3 aromatic rings. The Hall–Kier alpha value is -2.88. The molecule has 0 spiro atoms. The molecular formula is C18H16N2O2. The number of rotatable bonds is 4. The van der Waals surface area contributed by atoms with Crippen molar-refractivity contribution in [2.24, 2.45) is 0 Å². The molecule has 0 aliphatic carbocycles. The molecule has 2 aromatic carbocycles. The van der Waals surface area contributed by atoms with Crippen LogP contribution in [0.25, 0.3) is 23.2 Å². The van der Waals surface area contributed by atoms with Gasteiger partial charge in [-0.2, -0.15) is 0 Å². The molecule has 0 unspecified atom stereocenters. The molecule has 0 aliphatic rings. The molecule has 0 bridgehead atoms. The summed E-state index contributed by atoms with van der Waals surface area (Å²) in [6.45, 7) is 2.12. The maximum atomic E-state index is 10.8. The van der Waals surface area contributed by atoms with Gasteiger partial charge in [-0.15, -0.1) is 0 Å². The average molecular weight is 292 g/mol. The average Bonchev–Trinajstić information content (AvgIpc) is 2.95. The Labute approximate surface area is 128 Å². The molecular weight excluding hydrogens is 276 g/mol. The molecule has 3 rings (SSSR count). The number of carboxylic acids is 1. The molecule has 0 aliphatic heterocycles. The predicted molar refractivity (Wildman–Crippen MR) is 87.8 cm³/mol. The van der Waals surface area contributed by atoms with Crippen LogP contribution >= 0.6 is 0 Å². The van der Waals surface area contributed by atoms with E-state index in [1.165, 1.54) is 5.56 Å². The van der Waals surface area contributed by atoms with Crippen molar-refractivity contribution in [3.05, 3.63) is 65.0 Å². The summed E-state index contributed by atoms with van der Waals surface area (Å²) < 4.78 is 0. The minimum atomic E-state index is -0.917. The molecule has 0 saturated heterocycles. The summed E-state index contributed by atoms with van der Waals surface area (Å²) in [5.74, 6) is -0.134. The Morgan fingerprint density at radius 3 is 2.64 bits per heavy atom. The van der Waals surface area contributed by atoms with Crippen molar-refractivity contribution in [3.63, 3.8) is 0 Å². The van der Waals surface area contributed by atoms with E-state index >= 15 is 0 Å². The quantitative estimate of drug-likeness (QED) is 0.764. The highest BCUT2D eigenvalue weighted by Gasteiger charge is 2.02. The fraction of sp³-hybridized carbons (Fsp3) is 0.111. The number of imidazole rings is 1. The van der Waals surface area contributed by atoms with Crippen LogP contribution in [0.5, 0.6) is 0 Å². The van der Waals surface area contributed by atoms with Crippen molar-refractivity contribution in [1.29, 1.82) is 0 Å². The van der Waals surface area contributed by atoms with Gasteiger partial charge in [0.25, 0.3) is 0 Å². The number of carbonyl (C=O) groups is 1. The van der Waals surface area contributed by atoms with Crippen molar-refractivity contribution < 1.29 is 9.90 Å². The van der Waals surface area contributed by atoms with Crippen molar-refractivity contribution >= 4 is 29.2 Å². The summed E-state index contributed by atoms with van der Waals surface area (Å²) >= 11 is 0. The summed E-state index contributed by atoms with van der Waals surface area (Å²) in [4.78, 5) is 18.6. The maximum absolute atomic E-state index is 10.8. The standard InChI is InChI=1S/C18H16N2O2/c1-2-12-5-9-15-16(11-12)20-17(19-15)10-6-13-3-7-14(8-4-13)18(21)22/h3-11H,2H2,1H3,(H,19,20)(H,21,22). The van der Waals surface area contributed by atoms with Gasteiger partial charge < -0.3 is 10.1 Å². The largest absolute Gasteiger partial charge is 0.478 e. The van der Waals surface area contributed by atoms with Crippen LogP contribution in [0.15, 0.2) is 42.5 Å². The summed E-state index contributed by atoms with van der Waals surface area (Å²) in [6, 6.07) is 12.9. The van der Waals surface area contributed by atoms with E-state index in [1.54, 1.807) is 24.3 Å². The van der Waals surface area contributed by atoms with Gasteiger partial charge in [0.2, 0.25) is 0 Å². The Kier molecular flexibility index (Phi) is 3.74. The van der Waals surface area contributed by atoms with Gasteiger partial charge in [-0.25, -0.2) is 9.78 Å². The fourth-order valence-electron chi connectivity index (χ4n) is 2.29. The molecule has 0 amide bonds. The number of nitrogens with zero attached hydrogens (tertiary/aromatic N) is 1. The van der Waals surface area contributed by atoms with Crippen LogP contribution < -0.4 is 0 Å². The molecule has 1 aromatic heterocycles. The molecule has 0 saturated carbocycles. The smallest absolute Gasteiger partial charge is 0.335 e. The molecule has 110 valence electrons. The van der Waals surface area contributed by atoms with Crippen LogP contribution in [0.4, 0.5) is 0 Å². The number of fused-ring (bicyclic) bond motifs is 1. The minimum Gasteiger partial charge on any atom is -0.478 e. The monoisotopic (exact) mass is 292 g/mol. The summed E-state index contributed by atoms with van der Waals surface area (Å²) in [7, 11) is 0. The van der Waals surface area contributed by atoms with Gasteiger partial charge in [-0.05, 0) is 47.9 Å². The highest BCUT2D eigenvalue weighted by atomic mass is 16.4. The number of aromatic amines is 1. The van der Waals surface area contributed by atoms with Gasteiger partial charge >= 0.3 is 5.97 Å². The van der Waals surface area contributed by atoms with Crippen LogP contribution in [-0.2, 0) is 6.42 Å². The molecule has 0 fully saturated rings. The third-order valence-electron chi connectivity index (χ3n) is 3.56. The maximum Gasteiger partial charge on any atom is 0.335 e. The lowest BCUT2D eigenvalue weighted by Gasteiger charge is -1.95. The second-order valence-corrected chi connectivity index (χ2v) is 5.09. The predicted octanol–water partition coefficient (Wildman–Crippen LogP) is 3.99. The van der Waals surface area contributed by atoms with E-state index in [-0.39, 0.29) is 5.56 Å². The van der Waals surface area contributed by atoms with Gasteiger partial charge in [0.1, 0.15) is 5.82 Å². The Morgan fingerprint density at radius 1 is 1.18 bits per heavy atom. The summed E-state index contributed by atoms with van der Waals surface area (Å²) in [5.41, 5.74) is 4.46. The zero-order chi connectivity index (χ0) is 15.5. The highest BCUT2D eigenvalue weighted by Crippen LogP contribution is 2.16. The first-order valence-corrected chi connectivity index (χ1v) is 7.16. The van der Waals surface area contributed by atoms with Gasteiger partial charge in [0, 0.05) is 0 Å². The number of carboxylic acid groups (broad SMARTS) is 1. The van der Waals surface area contributed by atoms with Gasteiger partial charge in [0.15, 0.2) is 0 Å². The number of hydrogen-bond acceptors (Lipinski definition) is 2. The molecule has 22 heavy (non-hydrogen) atoms. The van der Waals surface area contributed by atoms with Gasteiger partial charge in [-0.3, -0.25) is 0 Å². The van der Waals surface area contributed by atoms with Crippen LogP contribution in [0, 0.1) is 0 Å². The van der Waals surface area contributed by atoms with Crippen LogP contribution in [0.2, 0.25) is 0 Å². The van der Waals surface area contributed by atoms with E-state index in [0.717, 1.165) is 28.8 Å². The second kappa shape index (κ2) is 5.85. The highest BCUT2D eigenvalue weighted by molar-refractivity contribution is 5.88. The lowest BCUT2D eigenvalue weighted by atomic mass is 10.1. The molecule has 4 nitrogen and oxygen atoms in total. The zero-order valence-corrected chi connectivity index (χ0v) is 12.2. The van der Waals surface area contributed by atoms with Gasteiger partial charge in [-0.1, -0.05) is 31.2 Å². The molecule has 0 atom stereocenters. The van der Waals surface area contributed by atoms with Crippen LogP contribution in [0.1, 0.15) is 34.2 Å². The van der Waals surface area contributed by atoms with Crippen molar-refractivity contribution in [2.45, 2.75) is 13.3 Å². The van der Waals surface area contributed by atoms with Crippen molar-refractivity contribution in [1.82, 2.24) is 9.97 Å². The Bertz CT molecular complexity index is 845. The van der Waals surface area contributed by atoms with Gasteiger partial charge in [0.05, 0.1) is 16.6 Å². The van der Waals surface area contributed by atoms with Crippen LogP contribution in [-0.4, -0.2) is 21.0 Å². The molecule has 2 N–H and O–H groups in total. The number of benzene rings is 2. The first-order valence-electron chi connectivity index (χ1n) is 7.16. The molecule has 0 radical (unpaired) electrons. The number of nitrogens with one attached hydrogen (secondary N) is 1. The normalized spacial score (nSPS) is 11.3.